The summed E-state index contributed by atoms with van der Waals surface area (Å²) in [6.45, 7) is 0.169. The molecule has 0 unspecified atom stereocenters. The molecular formula is C21H14ClN3O4S. The third kappa shape index (κ3) is 4.00. The zero-order valence-electron chi connectivity index (χ0n) is 15.4. The molecule has 0 radical (unpaired) electrons. The maximum atomic E-state index is 12.8. The molecule has 0 saturated carbocycles. The number of nitrogens with zero attached hydrogens (tertiary/aromatic N) is 3. The Morgan fingerprint density at radius 3 is 2.40 bits per heavy atom. The van der Waals surface area contributed by atoms with Gasteiger partial charge in [0.25, 0.3) is 16.8 Å². The molecule has 7 nitrogen and oxygen atoms in total. The first kappa shape index (κ1) is 19.9. The molecule has 4 rings (SSSR count). The number of aromatic nitrogens is 1. The number of benzene rings is 2. The molecule has 30 heavy (non-hydrogen) atoms. The summed E-state index contributed by atoms with van der Waals surface area (Å²) in [6, 6.07) is 16.7. The number of non-ortho nitro benzene ring substituents is 1. The van der Waals surface area contributed by atoms with Crippen LogP contribution in [0.5, 0.6) is 0 Å². The Morgan fingerprint density at radius 2 is 1.73 bits per heavy atom. The molecule has 1 saturated heterocycles. The summed E-state index contributed by atoms with van der Waals surface area (Å²) in [6.07, 6.45) is 3.43. The number of carbonyl (C=O) groups excluding carboxylic acids is 2. The highest BCUT2D eigenvalue weighted by Gasteiger charge is 2.35. The molecular weight excluding hydrogens is 426 g/mol. The minimum absolute atomic E-state index is 0.00391. The molecule has 150 valence electrons. The number of hydrogen-bond donors (Lipinski definition) is 0. The fourth-order valence-electron chi connectivity index (χ4n) is 3.02. The van der Waals surface area contributed by atoms with E-state index < -0.39 is 4.92 Å². The molecule has 0 N–H and O–H groups in total. The molecule has 1 aliphatic rings. The van der Waals surface area contributed by atoms with Crippen LogP contribution >= 0.6 is 23.4 Å². The summed E-state index contributed by atoms with van der Waals surface area (Å²) in [5.74, 6) is -0.364. The Balaban J connectivity index is 1.58. The Morgan fingerprint density at radius 1 is 1.03 bits per heavy atom. The first-order valence-corrected chi connectivity index (χ1v) is 10.0. The lowest BCUT2D eigenvalue weighted by atomic mass is 10.2. The third-order valence-corrected chi connectivity index (χ3v) is 5.68. The lowest BCUT2D eigenvalue weighted by Gasteiger charge is -2.12. The highest BCUT2D eigenvalue weighted by Crippen LogP contribution is 2.34. The van der Waals surface area contributed by atoms with Crippen LogP contribution in [0.2, 0.25) is 5.02 Å². The average Bonchev–Trinajstić information content (AvgIpc) is 3.30. The van der Waals surface area contributed by atoms with Crippen molar-refractivity contribution in [1.29, 1.82) is 0 Å². The second-order valence-corrected chi connectivity index (χ2v) is 7.90. The maximum absolute atomic E-state index is 12.8. The molecule has 0 bridgehead atoms. The van der Waals surface area contributed by atoms with E-state index in [-0.39, 0.29) is 23.4 Å². The predicted octanol–water partition coefficient (Wildman–Crippen LogP) is 5.28. The van der Waals surface area contributed by atoms with E-state index in [4.69, 9.17) is 11.6 Å². The Labute approximate surface area is 180 Å². The van der Waals surface area contributed by atoms with E-state index in [0.29, 0.717) is 21.3 Å². The monoisotopic (exact) mass is 439 g/mol. The maximum Gasteiger partial charge on any atom is 0.293 e. The molecule has 2 aromatic carbocycles. The van der Waals surface area contributed by atoms with Crippen LogP contribution < -0.4 is 0 Å². The van der Waals surface area contributed by atoms with Crippen molar-refractivity contribution < 1.29 is 14.5 Å². The van der Waals surface area contributed by atoms with Gasteiger partial charge in [-0.25, -0.2) is 0 Å². The van der Waals surface area contributed by atoms with Gasteiger partial charge >= 0.3 is 0 Å². The fraction of sp³-hybridized carbons (Fsp3) is 0.0476. The van der Waals surface area contributed by atoms with Crippen LogP contribution in [0.4, 0.5) is 10.5 Å². The number of imide groups is 1. The molecule has 0 atom stereocenters. The lowest BCUT2D eigenvalue weighted by Crippen LogP contribution is -2.27. The molecule has 1 aromatic heterocycles. The Kier molecular flexibility index (Phi) is 5.43. The first-order chi connectivity index (χ1) is 14.4. The molecule has 2 heterocycles. The van der Waals surface area contributed by atoms with E-state index in [9.17, 15) is 19.7 Å². The number of amides is 2. The second kappa shape index (κ2) is 8.17. The lowest BCUT2D eigenvalue weighted by molar-refractivity contribution is -0.384. The summed E-state index contributed by atoms with van der Waals surface area (Å²) in [5, 5.41) is 11.1. The number of halogens is 1. The van der Waals surface area contributed by atoms with E-state index in [0.717, 1.165) is 17.3 Å². The largest absolute Gasteiger partial charge is 0.317 e. The topological polar surface area (TPSA) is 85.5 Å². The van der Waals surface area contributed by atoms with Crippen molar-refractivity contribution in [3.8, 4) is 5.69 Å². The number of hydrogen-bond acceptors (Lipinski definition) is 5. The normalized spacial score (nSPS) is 15.2. The highest BCUT2D eigenvalue weighted by molar-refractivity contribution is 8.18. The van der Waals surface area contributed by atoms with Gasteiger partial charge in [0.1, 0.15) is 0 Å². The van der Waals surface area contributed by atoms with Crippen LogP contribution in [0, 0.1) is 10.1 Å². The molecule has 0 spiro atoms. The van der Waals surface area contributed by atoms with Crippen molar-refractivity contribution >= 4 is 46.3 Å². The molecule has 2 amide bonds. The Hall–Kier alpha value is -3.36. The quantitative estimate of drug-likeness (QED) is 0.307. The van der Waals surface area contributed by atoms with Gasteiger partial charge < -0.3 is 4.57 Å². The van der Waals surface area contributed by atoms with Crippen molar-refractivity contribution in [2.75, 3.05) is 0 Å². The minimum Gasteiger partial charge on any atom is -0.317 e. The fourth-order valence-corrected chi connectivity index (χ4v) is 3.97. The van der Waals surface area contributed by atoms with Crippen molar-refractivity contribution in [2.45, 2.75) is 6.54 Å². The van der Waals surface area contributed by atoms with E-state index in [1.807, 2.05) is 0 Å². The number of carbonyl (C=O) groups is 2. The van der Waals surface area contributed by atoms with Crippen LogP contribution in [0.25, 0.3) is 11.8 Å². The van der Waals surface area contributed by atoms with Crippen molar-refractivity contribution in [3.05, 3.63) is 98.2 Å². The zero-order valence-corrected chi connectivity index (χ0v) is 17.0. The van der Waals surface area contributed by atoms with Crippen LogP contribution in [-0.2, 0) is 11.3 Å². The molecule has 1 fully saturated rings. The van der Waals surface area contributed by atoms with Crippen LogP contribution in [0.15, 0.2) is 71.8 Å². The highest BCUT2D eigenvalue weighted by atomic mass is 35.5. The van der Waals surface area contributed by atoms with Crippen LogP contribution in [0.3, 0.4) is 0 Å². The van der Waals surface area contributed by atoms with Gasteiger partial charge in [0, 0.05) is 34.7 Å². The van der Waals surface area contributed by atoms with Crippen molar-refractivity contribution in [3.63, 3.8) is 0 Å². The molecule has 3 aromatic rings. The summed E-state index contributed by atoms with van der Waals surface area (Å²) in [5.41, 5.74) is 2.19. The van der Waals surface area contributed by atoms with Gasteiger partial charge in [-0.15, -0.1) is 0 Å². The average molecular weight is 440 g/mol. The third-order valence-electron chi connectivity index (χ3n) is 4.53. The van der Waals surface area contributed by atoms with E-state index >= 15 is 0 Å². The van der Waals surface area contributed by atoms with Gasteiger partial charge in [0.2, 0.25) is 0 Å². The van der Waals surface area contributed by atoms with Gasteiger partial charge in [-0.05, 0) is 59.8 Å². The molecule has 1 aliphatic heterocycles. The number of thioether (sulfide) groups is 1. The van der Waals surface area contributed by atoms with Gasteiger partial charge in [-0.1, -0.05) is 23.7 Å². The summed E-state index contributed by atoms with van der Waals surface area (Å²) in [7, 11) is 0. The van der Waals surface area contributed by atoms with Gasteiger partial charge in [-0.2, -0.15) is 0 Å². The minimum atomic E-state index is -0.461. The summed E-state index contributed by atoms with van der Waals surface area (Å²) < 4.78 is 1.79. The van der Waals surface area contributed by atoms with Gasteiger partial charge in [0.15, 0.2) is 0 Å². The van der Waals surface area contributed by atoms with E-state index in [1.165, 1.54) is 17.0 Å². The smallest absolute Gasteiger partial charge is 0.293 e. The van der Waals surface area contributed by atoms with Crippen LogP contribution in [0.1, 0.15) is 11.3 Å². The summed E-state index contributed by atoms with van der Waals surface area (Å²) >= 11 is 6.76. The second-order valence-electron chi connectivity index (χ2n) is 6.47. The number of rotatable bonds is 5. The first-order valence-electron chi connectivity index (χ1n) is 8.84. The summed E-state index contributed by atoms with van der Waals surface area (Å²) in [4.78, 5) is 37.1. The van der Waals surface area contributed by atoms with Crippen molar-refractivity contribution in [2.24, 2.45) is 0 Å². The number of nitro benzene ring substituents is 1. The predicted molar refractivity (Wildman–Crippen MR) is 115 cm³/mol. The Bertz CT molecular complexity index is 1170. The zero-order chi connectivity index (χ0) is 21.3. The molecule has 9 heteroatoms. The van der Waals surface area contributed by atoms with E-state index in [1.54, 1.807) is 65.4 Å². The molecule has 0 aliphatic carbocycles. The van der Waals surface area contributed by atoms with E-state index in [2.05, 4.69) is 0 Å². The van der Waals surface area contributed by atoms with Crippen molar-refractivity contribution in [1.82, 2.24) is 9.47 Å². The number of nitro groups is 1. The SMILES string of the molecule is O=C1S/C(=C\c2cccn2-c2ccc([N+](=O)[O-])cc2)C(=O)N1Cc1ccc(Cl)cc1. The van der Waals surface area contributed by atoms with Crippen LogP contribution in [-0.4, -0.2) is 25.5 Å². The van der Waals surface area contributed by atoms with Gasteiger partial charge in [-0.3, -0.25) is 24.6 Å². The standard InChI is InChI=1S/C21H14ClN3O4S/c22-15-5-3-14(4-6-15)13-24-20(26)19(30-21(24)27)12-18-2-1-11-23(18)16-7-9-17(10-8-16)25(28)29/h1-12H,13H2/b19-12-. The van der Waals surface area contributed by atoms with Gasteiger partial charge in [0.05, 0.1) is 16.4 Å².